The maximum atomic E-state index is 12.0. The SMILES string of the molecule is CCONC(=O)C1CCC2CN1C(=O)N2OS(=O)(=O)[O-].c1cc[nH+]cc1. The van der Waals surface area contributed by atoms with Gasteiger partial charge in [0.05, 0.1) is 12.6 Å². The second kappa shape index (κ2) is 8.89. The first-order chi connectivity index (χ1) is 12.3. The fraction of sp³-hybridized carbons (Fsp3) is 0.500. The number of amides is 3. The summed E-state index contributed by atoms with van der Waals surface area (Å²) in [7, 11) is -5.03. The van der Waals surface area contributed by atoms with Crippen LogP contribution < -0.4 is 10.5 Å². The second-order valence-electron chi connectivity index (χ2n) is 5.47. The topological polar surface area (TPSA) is 142 Å². The summed E-state index contributed by atoms with van der Waals surface area (Å²) in [6.07, 6.45) is 4.43. The van der Waals surface area contributed by atoms with Crippen LogP contribution in [0.4, 0.5) is 4.79 Å². The number of carbonyl (C=O) groups excluding carboxylic acids is 2. The Morgan fingerprint density at radius 3 is 2.54 bits per heavy atom. The molecule has 144 valence electrons. The Labute approximate surface area is 150 Å². The quantitative estimate of drug-likeness (QED) is 0.396. The lowest BCUT2D eigenvalue weighted by atomic mass is 10.0. The van der Waals surface area contributed by atoms with E-state index in [1.54, 1.807) is 6.92 Å². The number of hydrogen-bond donors (Lipinski definition) is 1. The first-order valence-corrected chi connectivity index (χ1v) is 9.24. The molecular formula is C14H20N4O7S. The molecule has 2 saturated heterocycles. The van der Waals surface area contributed by atoms with Crippen LogP contribution >= 0.6 is 0 Å². The number of fused-ring (bicyclic) bond motifs is 2. The lowest BCUT2D eigenvalue weighted by molar-refractivity contribution is -0.377. The molecule has 11 nitrogen and oxygen atoms in total. The summed E-state index contributed by atoms with van der Waals surface area (Å²) in [5, 5.41) is 0.524. The standard InChI is InChI=1S/C9H15N3O7S.C5H5N/c1-2-18-10-8(13)7-4-3-6-5-11(7)9(14)12(6)19-20(15,16)17;1-2-4-6-5-3-1/h6-7H,2-5H2,1H3,(H,10,13)(H,15,16,17);1-5H. The maximum Gasteiger partial charge on any atom is 0.346 e. The number of carbonyl (C=O) groups is 2. The zero-order valence-corrected chi connectivity index (χ0v) is 14.8. The Bertz CT molecular complexity index is 689. The number of hydroxylamine groups is 3. The number of aromatic nitrogens is 1. The highest BCUT2D eigenvalue weighted by molar-refractivity contribution is 7.80. The number of nitrogens with one attached hydrogen (secondary N) is 2. The number of aromatic amines is 1. The number of pyridine rings is 1. The van der Waals surface area contributed by atoms with Crippen molar-refractivity contribution < 1.29 is 36.7 Å². The molecule has 0 spiro atoms. The normalized spacial score (nSPS) is 21.8. The molecule has 2 unspecified atom stereocenters. The number of rotatable bonds is 5. The van der Waals surface area contributed by atoms with E-state index in [0.717, 1.165) is 4.90 Å². The van der Waals surface area contributed by atoms with Gasteiger partial charge in [0.2, 0.25) is 10.4 Å². The highest BCUT2D eigenvalue weighted by Gasteiger charge is 2.48. The van der Waals surface area contributed by atoms with E-state index in [4.69, 9.17) is 4.84 Å². The average molecular weight is 388 g/mol. The molecule has 2 bridgehead atoms. The molecule has 2 fully saturated rings. The third-order valence-corrected chi connectivity index (χ3v) is 4.06. The number of piperidine rings is 1. The molecule has 12 heteroatoms. The zero-order chi connectivity index (χ0) is 19.2. The monoisotopic (exact) mass is 388 g/mol. The highest BCUT2D eigenvalue weighted by Crippen LogP contribution is 2.30. The lowest BCUT2D eigenvalue weighted by Gasteiger charge is -2.28. The number of hydrogen-bond acceptors (Lipinski definition) is 7. The van der Waals surface area contributed by atoms with E-state index in [9.17, 15) is 22.6 Å². The third kappa shape index (κ3) is 5.36. The molecule has 2 aliphatic rings. The molecule has 0 aliphatic carbocycles. The van der Waals surface area contributed by atoms with Crippen molar-refractivity contribution >= 4 is 22.3 Å². The molecule has 2 atom stereocenters. The van der Waals surface area contributed by atoms with Gasteiger partial charge in [0.25, 0.3) is 5.91 Å². The van der Waals surface area contributed by atoms with Crippen LogP contribution in [0.25, 0.3) is 0 Å². The predicted molar refractivity (Wildman–Crippen MR) is 84.3 cm³/mol. The third-order valence-electron chi connectivity index (χ3n) is 3.72. The predicted octanol–water partition coefficient (Wildman–Crippen LogP) is -0.785. The number of nitrogens with zero attached hydrogens (tertiary/aromatic N) is 2. The average Bonchev–Trinajstić information content (AvgIpc) is 2.85. The summed E-state index contributed by atoms with van der Waals surface area (Å²) >= 11 is 0. The van der Waals surface area contributed by atoms with Crippen LogP contribution in [0.1, 0.15) is 19.8 Å². The first-order valence-electron chi connectivity index (χ1n) is 7.91. The van der Waals surface area contributed by atoms with E-state index >= 15 is 0 Å². The van der Waals surface area contributed by atoms with Crippen LogP contribution in [0, 0.1) is 0 Å². The van der Waals surface area contributed by atoms with Crippen molar-refractivity contribution in [3.63, 3.8) is 0 Å². The molecule has 3 heterocycles. The molecule has 0 saturated carbocycles. The van der Waals surface area contributed by atoms with Gasteiger partial charge in [0, 0.05) is 18.7 Å². The van der Waals surface area contributed by atoms with Crippen molar-refractivity contribution in [2.24, 2.45) is 0 Å². The van der Waals surface area contributed by atoms with Crippen LogP contribution in [0.3, 0.4) is 0 Å². The molecule has 26 heavy (non-hydrogen) atoms. The molecule has 2 N–H and O–H groups in total. The Balaban J connectivity index is 0.000000342. The summed E-state index contributed by atoms with van der Waals surface area (Å²) in [5.74, 6) is -0.495. The van der Waals surface area contributed by atoms with Crippen LogP contribution in [0.15, 0.2) is 30.6 Å². The van der Waals surface area contributed by atoms with Gasteiger partial charge in [-0.05, 0) is 19.8 Å². The maximum absolute atomic E-state index is 12.0. The molecule has 1 aromatic heterocycles. The van der Waals surface area contributed by atoms with Gasteiger partial charge >= 0.3 is 6.03 Å². The summed E-state index contributed by atoms with van der Waals surface area (Å²) in [5.41, 5.74) is 2.20. The molecule has 0 aromatic carbocycles. The Morgan fingerprint density at radius 2 is 2.04 bits per heavy atom. The van der Waals surface area contributed by atoms with Crippen LogP contribution in [0.2, 0.25) is 0 Å². The molecule has 3 rings (SSSR count). The van der Waals surface area contributed by atoms with Crippen LogP contribution in [-0.4, -0.2) is 60.1 Å². The first kappa shape index (κ1) is 20.0. The minimum absolute atomic E-state index is 0.124. The molecule has 1 aromatic rings. The summed E-state index contributed by atoms with van der Waals surface area (Å²) in [6, 6.07) is 3.72. The van der Waals surface area contributed by atoms with Crippen LogP contribution in [-0.2, 0) is 24.3 Å². The van der Waals surface area contributed by atoms with Gasteiger partial charge in [-0.3, -0.25) is 9.63 Å². The largest absolute Gasteiger partial charge is 0.724 e. The number of H-pyrrole nitrogens is 1. The summed E-state index contributed by atoms with van der Waals surface area (Å²) < 4.78 is 35.9. The fourth-order valence-electron chi connectivity index (χ4n) is 2.65. The van der Waals surface area contributed by atoms with E-state index in [-0.39, 0.29) is 13.2 Å². The van der Waals surface area contributed by atoms with Gasteiger partial charge in [0.15, 0.2) is 12.4 Å². The molecule has 0 radical (unpaired) electrons. The van der Waals surface area contributed by atoms with Gasteiger partial charge in [-0.25, -0.2) is 23.7 Å². The van der Waals surface area contributed by atoms with Gasteiger partial charge < -0.3 is 9.45 Å². The molecule has 3 amide bonds. The van der Waals surface area contributed by atoms with E-state index in [1.807, 2.05) is 30.6 Å². The van der Waals surface area contributed by atoms with Gasteiger partial charge in [-0.2, -0.15) is 9.35 Å². The molecular weight excluding hydrogens is 368 g/mol. The van der Waals surface area contributed by atoms with Crippen molar-refractivity contribution in [3.05, 3.63) is 30.6 Å². The summed E-state index contributed by atoms with van der Waals surface area (Å²) in [6.45, 7) is 2.09. The van der Waals surface area contributed by atoms with Gasteiger partial charge in [-0.1, -0.05) is 6.07 Å². The minimum Gasteiger partial charge on any atom is -0.724 e. The van der Waals surface area contributed by atoms with Crippen molar-refractivity contribution in [3.8, 4) is 0 Å². The van der Waals surface area contributed by atoms with Crippen molar-refractivity contribution in [1.29, 1.82) is 0 Å². The van der Waals surface area contributed by atoms with Crippen molar-refractivity contribution in [2.75, 3.05) is 13.2 Å². The fourth-order valence-corrected chi connectivity index (χ4v) is 3.04. The van der Waals surface area contributed by atoms with Crippen molar-refractivity contribution in [2.45, 2.75) is 31.8 Å². The van der Waals surface area contributed by atoms with E-state index in [0.29, 0.717) is 17.9 Å². The smallest absolute Gasteiger partial charge is 0.346 e. The molecule has 2 aliphatic heterocycles. The Kier molecular flexibility index (Phi) is 6.85. The number of urea groups is 1. The van der Waals surface area contributed by atoms with Gasteiger partial charge in [-0.15, -0.1) is 0 Å². The highest BCUT2D eigenvalue weighted by atomic mass is 32.3. The second-order valence-corrected chi connectivity index (χ2v) is 6.43. The summed E-state index contributed by atoms with van der Waals surface area (Å²) in [4.78, 5) is 32.6. The Morgan fingerprint density at radius 1 is 1.35 bits per heavy atom. The van der Waals surface area contributed by atoms with Crippen LogP contribution in [0.5, 0.6) is 0 Å². The van der Waals surface area contributed by atoms with Gasteiger partial charge in [0.1, 0.15) is 6.04 Å². The van der Waals surface area contributed by atoms with Crippen molar-refractivity contribution in [1.82, 2.24) is 15.4 Å². The Hall–Kier alpha value is -2.28. The lowest BCUT2D eigenvalue weighted by Crippen LogP contribution is -2.49. The van der Waals surface area contributed by atoms with E-state index < -0.39 is 34.4 Å². The minimum atomic E-state index is -5.03. The van der Waals surface area contributed by atoms with E-state index in [2.05, 4.69) is 14.7 Å². The van der Waals surface area contributed by atoms with E-state index in [1.165, 1.54) is 0 Å². The zero-order valence-electron chi connectivity index (χ0n) is 14.0.